The van der Waals surface area contributed by atoms with Gasteiger partial charge in [0.1, 0.15) is 5.82 Å². The van der Waals surface area contributed by atoms with Gasteiger partial charge in [0, 0.05) is 6.04 Å². The summed E-state index contributed by atoms with van der Waals surface area (Å²) >= 11 is 0. The minimum atomic E-state index is -4.95. The van der Waals surface area contributed by atoms with E-state index in [1.807, 2.05) is 0 Å². The van der Waals surface area contributed by atoms with Gasteiger partial charge in [-0.3, -0.25) is 0 Å². The molecular weight excluding hydrogens is 279 g/mol. The number of nitrogens with one attached hydrogen (secondary N) is 1. The molecule has 1 aromatic rings. The van der Waals surface area contributed by atoms with Crippen molar-refractivity contribution in [3.63, 3.8) is 0 Å². The summed E-state index contributed by atoms with van der Waals surface area (Å²) in [5.74, 6) is -1.52. The van der Waals surface area contributed by atoms with Crippen LogP contribution in [-0.2, 0) is 6.18 Å². The van der Waals surface area contributed by atoms with Crippen LogP contribution in [0.4, 0.5) is 30.7 Å². The van der Waals surface area contributed by atoms with Gasteiger partial charge >= 0.3 is 12.4 Å². The van der Waals surface area contributed by atoms with Crippen LogP contribution in [0.2, 0.25) is 0 Å². The van der Waals surface area contributed by atoms with Gasteiger partial charge in [-0.05, 0) is 24.7 Å². The van der Waals surface area contributed by atoms with E-state index in [2.05, 4.69) is 5.32 Å². The van der Waals surface area contributed by atoms with Crippen molar-refractivity contribution >= 4 is 0 Å². The van der Waals surface area contributed by atoms with Crippen LogP contribution in [0.3, 0.4) is 0 Å². The summed E-state index contributed by atoms with van der Waals surface area (Å²) in [5.41, 5.74) is -1.85. The highest BCUT2D eigenvalue weighted by Gasteiger charge is 2.36. The highest BCUT2D eigenvalue weighted by atomic mass is 19.4. The Morgan fingerprint density at radius 2 is 1.68 bits per heavy atom. The van der Waals surface area contributed by atoms with Crippen LogP contribution in [0.25, 0.3) is 0 Å². The van der Waals surface area contributed by atoms with E-state index in [0.29, 0.717) is 12.1 Å². The molecule has 0 saturated heterocycles. The lowest BCUT2D eigenvalue weighted by Gasteiger charge is -2.20. The predicted molar refractivity (Wildman–Crippen MR) is 53.9 cm³/mol. The number of halogens is 7. The van der Waals surface area contributed by atoms with Crippen molar-refractivity contribution in [2.24, 2.45) is 0 Å². The van der Waals surface area contributed by atoms with Gasteiger partial charge in [0.15, 0.2) is 0 Å². The smallest absolute Gasteiger partial charge is 0.313 e. The normalized spacial score (nSPS) is 14.5. The van der Waals surface area contributed by atoms with Crippen LogP contribution in [0.15, 0.2) is 18.2 Å². The molecule has 1 unspecified atom stereocenters. The Morgan fingerprint density at radius 3 is 2.11 bits per heavy atom. The van der Waals surface area contributed by atoms with E-state index in [-0.39, 0.29) is 5.56 Å². The fourth-order valence-corrected chi connectivity index (χ4v) is 1.59. The summed E-state index contributed by atoms with van der Waals surface area (Å²) in [5, 5.41) is 2.26. The number of benzene rings is 1. The molecule has 1 rings (SSSR count). The van der Waals surface area contributed by atoms with Crippen LogP contribution in [0.5, 0.6) is 0 Å². The Labute approximate surface area is 104 Å². The van der Waals surface area contributed by atoms with Crippen molar-refractivity contribution in [1.82, 2.24) is 5.32 Å². The summed E-state index contributed by atoms with van der Waals surface area (Å²) in [6, 6.07) is 0.445. The molecule has 1 aromatic carbocycles. The first-order valence-electron chi connectivity index (χ1n) is 5.15. The first-order valence-corrected chi connectivity index (χ1v) is 5.15. The topological polar surface area (TPSA) is 12.0 Å². The largest absolute Gasteiger partial charge is 0.419 e. The summed E-state index contributed by atoms with van der Waals surface area (Å²) in [6.45, 7) is 0. The standard InChI is InChI=1S/C11H10F7N/c1-19-9(5-10(13,14)15)6-2-3-8(12)7(4-6)11(16,17)18/h2-4,9,19H,5H2,1H3. The molecule has 0 aromatic heterocycles. The Morgan fingerprint density at radius 1 is 1.11 bits per heavy atom. The van der Waals surface area contributed by atoms with Crippen LogP contribution in [-0.4, -0.2) is 13.2 Å². The van der Waals surface area contributed by atoms with Crippen LogP contribution < -0.4 is 5.32 Å². The molecule has 0 amide bonds. The van der Waals surface area contributed by atoms with Gasteiger partial charge in [-0.2, -0.15) is 26.3 Å². The Hall–Kier alpha value is -1.31. The van der Waals surface area contributed by atoms with Crippen molar-refractivity contribution in [3.05, 3.63) is 35.1 Å². The number of alkyl halides is 6. The molecule has 0 bridgehead atoms. The zero-order valence-corrected chi connectivity index (χ0v) is 9.66. The SMILES string of the molecule is CNC(CC(F)(F)F)c1ccc(F)c(C(F)(F)F)c1. The number of rotatable bonds is 3. The summed E-state index contributed by atoms with van der Waals surface area (Å²) in [4.78, 5) is 0. The molecule has 0 aliphatic heterocycles. The molecule has 0 radical (unpaired) electrons. The van der Waals surface area contributed by atoms with Gasteiger partial charge in [0.05, 0.1) is 12.0 Å². The van der Waals surface area contributed by atoms with E-state index in [9.17, 15) is 30.7 Å². The molecule has 0 spiro atoms. The van der Waals surface area contributed by atoms with Crippen molar-refractivity contribution in [3.8, 4) is 0 Å². The van der Waals surface area contributed by atoms with Gasteiger partial charge in [-0.25, -0.2) is 4.39 Å². The third-order valence-corrected chi connectivity index (χ3v) is 2.48. The Balaban J connectivity index is 3.13. The fourth-order valence-electron chi connectivity index (χ4n) is 1.59. The molecule has 0 saturated carbocycles. The lowest BCUT2D eigenvalue weighted by atomic mass is 10.0. The summed E-state index contributed by atoms with van der Waals surface area (Å²) in [7, 11) is 1.19. The van der Waals surface area contributed by atoms with Crippen molar-refractivity contribution in [2.45, 2.75) is 24.8 Å². The molecule has 19 heavy (non-hydrogen) atoms. The minimum absolute atomic E-state index is 0.270. The lowest BCUT2D eigenvalue weighted by Crippen LogP contribution is -2.24. The van der Waals surface area contributed by atoms with Gasteiger partial charge < -0.3 is 5.32 Å². The van der Waals surface area contributed by atoms with E-state index in [0.717, 1.165) is 6.07 Å². The zero-order chi connectivity index (χ0) is 14.8. The van der Waals surface area contributed by atoms with E-state index in [1.54, 1.807) is 0 Å². The maximum atomic E-state index is 13.0. The highest BCUT2D eigenvalue weighted by molar-refractivity contribution is 5.29. The van der Waals surface area contributed by atoms with Crippen LogP contribution in [0.1, 0.15) is 23.6 Å². The first-order chi connectivity index (χ1) is 8.54. The maximum absolute atomic E-state index is 13.0. The predicted octanol–water partition coefficient (Wildman–Crippen LogP) is 4.06. The molecule has 1 N–H and O–H groups in total. The quantitative estimate of drug-likeness (QED) is 0.827. The third kappa shape index (κ3) is 4.38. The first kappa shape index (κ1) is 15.7. The van der Waals surface area contributed by atoms with Crippen LogP contribution in [0, 0.1) is 5.82 Å². The highest BCUT2D eigenvalue weighted by Crippen LogP contribution is 2.35. The van der Waals surface area contributed by atoms with E-state index < -0.39 is 36.2 Å². The summed E-state index contributed by atoms with van der Waals surface area (Å²) in [6.07, 6.45) is -10.8. The second kappa shape index (κ2) is 5.36. The molecular formula is C11H10F7N. The van der Waals surface area contributed by atoms with Gasteiger partial charge in [-0.15, -0.1) is 0 Å². The molecule has 0 fully saturated rings. The minimum Gasteiger partial charge on any atom is -0.313 e. The zero-order valence-electron chi connectivity index (χ0n) is 9.66. The monoisotopic (exact) mass is 289 g/mol. The van der Waals surface area contributed by atoms with E-state index >= 15 is 0 Å². The second-order valence-corrected chi connectivity index (χ2v) is 3.90. The number of hydrogen-bond acceptors (Lipinski definition) is 1. The third-order valence-electron chi connectivity index (χ3n) is 2.48. The molecule has 8 heteroatoms. The number of hydrogen-bond donors (Lipinski definition) is 1. The van der Waals surface area contributed by atoms with Gasteiger partial charge in [0.25, 0.3) is 0 Å². The Kier molecular flexibility index (Phi) is 4.44. The molecule has 0 aliphatic rings. The molecule has 108 valence electrons. The molecule has 0 aliphatic carbocycles. The molecule has 1 atom stereocenters. The van der Waals surface area contributed by atoms with E-state index in [1.165, 1.54) is 7.05 Å². The van der Waals surface area contributed by atoms with Gasteiger partial charge in [-0.1, -0.05) is 6.07 Å². The van der Waals surface area contributed by atoms with Gasteiger partial charge in [0.2, 0.25) is 0 Å². The summed E-state index contributed by atoms with van der Waals surface area (Å²) < 4.78 is 87.1. The Bertz CT molecular complexity index is 436. The maximum Gasteiger partial charge on any atom is 0.419 e. The van der Waals surface area contributed by atoms with E-state index in [4.69, 9.17) is 0 Å². The second-order valence-electron chi connectivity index (χ2n) is 3.90. The fraction of sp³-hybridized carbons (Fsp3) is 0.455. The average molecular weight is 289 g/mol. The van der Waals surface area contributed by atoms with Crippen molar-refractivity contribution in [2.75, 3.05) is 7.05 Å². The lowest BCUT2D eigenvalue weighted by molar-refractivity contribution is -0.140. The molecule has 0 heterocycles. The van der Waals surface area contributed by atoms with Crippen molar-refractivity contribution in [1.29, 1.82) is 0 Å². The average Bonchev–Trinajstić information content (AvgIpc) is 2.24. The molecule has 1 nitrogen and oxygen atoms in total. The van der Waals surface area contributed by atoms with Crippen molar-refractivity contribution < 1.29 is 30.7 Å². The van der Waals surface area contributed by atoms with Crippen LogP contribution >= 0.6 is 0 Å².